The number of anilines is 1. The zero-order valence-electron chi connectivity index (χ0n) is 11.3. The van der Waals surface area contributed by atoms with Crippen LogP contribution in [-0.4, -0.2) is 22.1 Å². The molecule has 0 saturated heterocycles. The second-order valence-electron chi connectivity index (χ2n) is 4.39. The number of hydrogen-bond acceptors (Lipinski definition) is 4. The van der Waals surface area contributed by atoms with E-state index < -0.39 is 17.6 Å². The van der Waals surface area contributed by atoms with Gasteiger partial charge in [-0.25, -0.2) is 4.39 Å². The topological polar surface area (TPSA) is 77.1 Å². The van der Waals surface area contributed by atoms with E-state index in [9.17, 15) is 14.0 Å². The molecule has 110 valence electrons. The standard InChI is InChI=1S/C14H14FN3O2S/c1-18-4-2-3-12(18)14(20)17-13(19)8-21-11-6-9(15)5-10(16)7-11/h2-7H,8,16H2,1H3,(H,17,19,20). The van der Waals surface area contributed by atoms with Crippen LogP contribution in [0.25, 0.3) is 0 Å². The highest BCUT2D eigenvalue weighted by molar-refractivity contribution is 8.00. The molecule has 0 aliphatic carbocycles. The van der Waals surface area contributed by atoms with Gasteiger partial charge in [0.05, 0.1) is 5.75 Å². The van der Waals surface area contributed by atoms with E-state index in [0.717, 1.165) is 11.8 Å². The van der Waals surface area contributed by atoms with Crippen molar-refractivity contribution in [1.29, 1.82) is 0 Å². The van der Waals surface area contributed by atoms with Crippen LogP contribution in [0.15, 0.2) is 41.4 Å². The summed E-state index contributed by atoms with van der Waals surface area (Å²) < 4.78 is 14.8. The van der Waals surface area contributed by atoms with Gasteiger partial charge in [-0.15, -0.1) is 11.8 Å². The average molecular weight is 307 g/mol. The van der Waals surface area contributed by atoms with E-state index in [4.69, 9.17) is 5.73 Å². The lowest BCUT2D eigenvalue weighted by Crippen LogP contribution is -2.32. The van der Waals surface area contributed by atoms with E-state index in [2.05, 4.69) is 5.32 Å². The molecule has 1 heterocycles. The Balaban J connectivity index is 1.90. The maximum absolute atomic E-state index is 13.1. The van der Waals surface area contributed by atoms with Crippen LogP contribution in [0, 0.1) is 5.82 Å². The number of thioether (sulfide) groups is 1. The highest BCUT2D eigenvalue weighted by atomic mass is 32.2. The van der Waals surface area contributed by atoms with Crippen LogP contribution in [0.5, 0.6) is 0 Å². The van der Waals surface area contributed by atoms with Gasteiger partial charge in [0.1, 0.15) is 11.5 Å². The van der Waals surface area contributed by atoms with Gasteiger partial charge in [-0.1, -0.05) is 0 Å². The number of hydrogen-bond donors (Lipinski definition) is 2. The molecule has 1 aromatic carbocycles. The van der Waals surface area contributed by atoms with Crippen molar-refractivity contribution in [2.45, 2.75) is 4.90 Å². The van der Waals surface area contributed by atoms with Gasteiger partial charge in [0.2, 0.25) is 5.91 Å². The summed E-state index contributed by atoms with van der Waals surface area (Å²) in [7, 11) is 1.71. The molecule has 0 bridgehead atoms. The first-order chi connectivity index (χ1) is 9.95. The Labute approximate surface area is 125 Å². The van der Waals surface area contributed by atoms with Gasteiger partial charge in [-0.05, 0) is 30.3 Å². The fraction of sp³-hybridized carbons (Fsp3) is 0.143. The molecule has 0 atom stereocenters. The predicted octanol–water partition coefficient (Wildman–Crippen LogP) is 1.80. The number of nitrogens with two attached hydrogens (primary N) is 1. The van der Waals surface area contributed by atoms with Crippen LogP contribution in [-0.2, 0) is 11.8 Å². The number of aryl methyl sites for hydroxylation is 1. The molecule has 0 fully saturated rings. The summed E-state index contributed by atoms with van der Waals surface area (Å²) in [5, 5.41) is 2.28. The Morgan fingerprint density at radius 2 is 2.14 bits per heavy atom. The SMILES string of the molecule is Cn1cccc1C(=O)NC(=O)CSc1cc(N)cc(F)c1. The number of amides is 2. The fourth-order valence-corrected chi connectivity index (χ4v) is 2.53. The lowest BCUT2D eigenvalue weighted by atomic mass is 10.3. The number of aromatic nitrogens is 1. The molecule has 2 rings (SSSR count). The molecule has 21 heavy (non-hydrogen) atoms. The Hall–Kier alpha value is -2.28. The van der Waals surface area contributed by atoms with Gasteiger partial charge in [0.25, 0.3) is 5.91 Å². The number of nitrogens with one attached hydrogen (secondary N) is 1. The second kappa shape index (κ2) is 6.45. The molecule has 2 amide bonds. The molecule has 0 saturated carbocycles. The van der Waals surface area contributed by atoms with Gasteiger partial charge >= 0.3 is 0 Å². The maximum atomic E-state index is 13.1. The van der Waals surface area contributed by atoms with Crippen molar-refractivity contribution in [3.8, 4) is 0 Å². The third kappa shape index (κ3) is 4.09. The number of imide groups is 1. The molecule has 0 unspecified atom stereocenters. The summed E-state index contributed by atoms with van der Waals surface area (Å²) in [6, 6.07) is 7.38. The normalized spacial score (nSPS) is 10.4. The highest BCUT2D eigenvalue weighted by Gasteiger charge is 2.13. The maximum Gasteiger partial charge on any atom is 0.274 e. The summed E-state index contributed by atoms with van der Waals surface area (Å²) in [5.74, 6) is -1.38. The minimum absolute atomic E-state index is 0.000936. The summed E-state index contributed by atoms with van der Waals surface area (Å²) in [6.07, 6.45) is 1.71. The second-order valence-corrected chi connectivity index (χ2v) is 5.44. The largest absolute Gasteiger partial charge is 0.399 e. The number of carbonyl (C=O) groups excluding carboxylic acids is 2. The molecule has 5 nitrogen and oxygen atoms in total. The first-order valence-corrected chi connectivity index (χ1v) is 7.08. The number of nitrogens with zero attached hydrogens (tertiary/aromatic N) is 1. The summed E-state index contributed by atoms with van der Waals surface area (Å²) in [6.45, 7) is 0. The molecule has 0 aliphatic rings. The lowest BCUT2D eigenvalue weighted by Gasteiger charge is -2.06. The van der Waals surface area contributed by atoms with E-state index in [1.54, 1.807) is 36.0 Å². The van der Waals surface area contributed by atoms with Crippen molar-refractivity contribution in [3.63, 3.8) is 0 Å². The Kier molecular flexibility index (Phi) is 4.64. The Morgan fingerprint density at radius 1 is 1.38 bits per heavy atom. The summed E-state index contributed by atoms with van der Waals surface area (Å²) in [5.41, 5.74) is 6.20. The quantitative estimate of drug-likeness (QED) is 0.667. The fourth-order valence-electron chi connectivity index (χ4n) is 1.74. The monoisotopic (exact) mass is 307 g/mol. The van der Waals surface area contributed by atoms with E-state index in [1.807, 2.05) is 0 Å². The highest BCUT2D eigenvalue weighted by Crippen LogP contribution is 2.21. The van der Waals surface area contributed by atoms with Crippen molar-refractivity contribution in [3.05, 3.63) is 48.0 Å². The molecule has 0 radical (unpaired) electrons. The van der Waals surface area contributed by atoms with Crippen LogP contribution in [0.2, 0.25) is 0 Å². The summed E-state index contributed by atoms with van der Waals surface area (Å²) in [4.78, 5) is 24.1. The molecular weight excluding hydrogens is 293 g/mol. The number of benzene rings is 1. The number of carbonyl (C=O) groups is 2. The van der Waals surface area contributed by atoms with Gasteiger partial charge < -0.3 is 10.3 Å². The smallest absolute Gasteiger partial charge is 0.274 e. The molecule has 1 aromatic heterocycles. The Morgan fingerprint density at radius 3 is 2.76 bits per heavy atom. The van der Waals surface area contributed by atoms with E-state index >= 15 is 0 Å². The summed E-state index contributed by atoms with van der Waals surface area (Å²) >= 11 is 1.11. The first-order valence-electron chi connectivity index (χ1n) is 6.10. The average Bonchev–Trinajstić information content (AvgIpc) is 2.81. The number of nitrogen functional groups attached to an aromatic ring is 1. The van der Waals surface area contributed by atoms with E-state index in [0.29, 0.717) is 10.6 Å². The van der Waals surface area contributed by atoms with Crippen LogP contribution >= 0.6 is 11.8 Å². The van der Waals surface area contributed by atoms with Crippen molar-refractivity contribution >= 4 is 29.3 Å². The van der Waals surface area contributed by atoms with Crippen LogP contribution in [0.3, 0.4) is 0 Å². The zero-order chi connectivity index (χ0) is 15.4. The molecular formula is C14H14FN3O2S. The molecule has 0 spiro atoms. The minimum atomic E-state index is -0.466. The molecule has 3 N–H and O–H groups in total. The third-order valence-corrected chi connectivity index (χ3v) is 3.67. The van der Waals surface area contributed by atoms with Crippen molar-refractivity contribution < 1.29 is 14.0 Å². The lowest BCUT2D eigenvalue weighted by molar-refractivity contribution is -0.117. The first kappa shape index (κ1) is 15.1. The zero-order valence-corrected chi connectivity index (χ0v) is 12.1. The molecule has 0 aliphatic heterocycles. The van der Waals surface area contributed by atoms with Crippen LogP contribution in [0.1, 0.15) is 10.5 Å². The van der Waals surface area contributed by atoms with E-state index in [1.165, 1.54) is 12.1 Å². The van der Waals surface area contributed by atoms with Gasteiger partial charge in [-0.2, -0.15) is 0 Å². The van der Waals surface area contributed by atoms with Crippen LogP contribution < -0.4 is 11.1 Å². The number of halogens is 1. The van der Waals surface area contributed by atoms with Crippen molar-refractivity contribution in [2.24, 2.45) is 7.05 Å². The van der Waals surface area contributed by atoms with Gasteiger partial charge in [0, 0.05) is 23.8 Å². The van der Waals surface area contributed by atoms with Crippen molar-refractivity contribution in [1.82, 2.24) is 9.88 Å². The van der Waals surface area contributed by atoms with Crippen LogP contribution in [0.4, 0.5) is 10.1 Å². The Bertz CT molecular complexity index is 664. The van der Waals surface area contributed by atoms with Crippen molar-refractivity contribution in [2.75, 3.05) is 11.5 Å². The van der Waals surface area contributed by atoms with Gasteiger partial charge in [0.15, 0.2) is 0 Å². The number of rotatable bonds is 4. The van der Waals surface area contributed by atoms with Gasteiger partial charge in [-0.3, -0.25) is 14.9 Å². The third-order valence-electron chi connectivity index (χ3n) is 2.69. The minimum Gasteiger partial charge on any atom is -0.399 e. The molecule has 2 aromatic rings. The van der Waals surface area contributed by atoms with E-state index in [-0.39, 0.29) is 11.4 Å². The predicted molar refractivity (Wildman–Crippen MR) is 79.4 cm³/mol. The molecule has 7 heteroatoms.